The molecule has 0 aliphatic rings. The lowest BCUT2D eigenvalue weighted by Crippen LogP contribution is -2.23. The summed E-state index contributed by atoms with van der Waals surface area (Å²) in [6, 6.07) is 0. The Balaban J connectivity index is 3.83. The molecule has 1 aromatic heterocycles. The first kappa shape index (κ1) is 14.7. The van der Waals surface area contributed by atoms with Gasteiger partial charge in [0.2, 0.25) is 0 Å². The number of pyridine rings is 1. The van der Waals surface area contributed by atoms with Gasteiger partial charge >= 0.3 is 11.9 Å². The minimum absolute atomic E-state index is 0.136. The molecular formula is C8H4F5N3O3. The molecule has 0 atom stereocenters. The Morgan fingerprint density at radius 3 is 2.26 bits per heavy atom. The third-order valence-corrected chi connectivity index (χ3v) is 2.02. The first-order valence-corrected chi connectivity index (χ1v) is 4.39. The standard InChI is InChI=1S/C8H4F5N3O3/c9-6(10)5-4(8(11,12)13)3(7(14)17)2(1-15-5)16(18)19/h1,6H,(H2,14,17). The number of alkyl halides is 5. The van der Waals surface area contributed by atoms with Crippen LogP contribution in [0.5, 0.6) is 0 Å². The van der Waals surface area contributed by atoms with E-state index in [1.165, 1.54) is 0 Å². The Bertz CT molecular complexity index is 543. The number of hydrogen-bond donors (Lipinski definition) is 1. The lowest BCUT2D eigenvalue weighted by molar-refractivity contribution is -0.385. The van der Waals surface area contributed by atoms with E-state index in [1.807, 2.05) is 0 Å². The molecule has 11 heteroatoms. The van der Waals surface area contributed by atoms with Gasteiger partial charge in [0.25, 0.3) is 12.3 Å². The Morgan fingerprint density at radius 1 is 1.42 bits per heavy atom. The van der Waals surface area contributed by atoms with Crippen molar-refractivity contribution in [2.45, 2.75) is 12.6 Å². The highest BCUT2D eigenvalue weighted by atomic mass is 19.4. The van der Waals surface area contributed by atoms with Crippen LogP contribution in [0.15, 0.2) is 6.20 Å². The zero-order valence-electron chi connectivity index (χ0n) is 8.74. The van der Waals surface area contributed by atoms with E-state index in [-0.39, 0.29) is 6.20 Å². The van der Waals surface area contributed by atoms with Gasteiger partial charge in [-0.2, -0.15) is 13.2 Å². The summed E-state index contributed by atoms with van der Waals surface area (Å²) in [6.45, 7) is 0. The molecule has 0 fully saturated rings. The first-order valence-electron chi connectivity index (χ1n) is 4.39. The largest absolute Gasteiger partial charge is 0.419 e. The van der Waals surface area contributed by atoms with Gasteiger partial charge in [-0.3, -0.25) is 14.9 Å². The molecule has 104 valence electrons. The van der Waals surface area contributed by atoms with E-state index < -0.39 is 45.9 Å². The van der Waals surface area contributed by atoms with Crippen LogP contribution in [0.25, 0.3) is 0 Å². The molecule has 0 aliphatic heterocycles. The summed E-state index contributed by atoms with van der Waals surface area (Å²) in [6.07, 6.45) is -8.97. The Labute approximate surface area is 101 Å². The van der Waals surface area contributed by atoms with Gasteiger partial charge in [0.1, 0.15) is 23.0 Å². The van der Waals surface area contributed by atoms with Crippen LogP contribution >= 0.6 is 0 Å². The normalized spacial score (nSPS) is 11.7. The highest BCUT2D eigenvalue weighted by Gasteiger charge is 2.44. The number of aromatic nitrogens is 1. The predicted molar refractivity (Wildman–Crippen MR) is 49.4 cm³/mol. The van der Waals surface area contributed by atoms with E-state index in [0.717, 1.165) is 0 Å². The summed E-state index contributed by atoms with van der Waals surface area (Å²) in [5.41, 5.74) is -2.39. The number of nitrogens with zero attached hydrogens (tertiary/aromatic N) is 2. The molecule has 0 radical (unpaired) electrons. The first-order chi connectivity index (χ1) is 8.57. The molecule has 0 saturated heterocycles. The molecule has 1 rings (SSSR count). The third-order valence-electron chi connectivity index (χ3n) is 2.02. The lowest BCUT2D eigenvalue weighted by Gasteiger charge is -2.14. The molecule has 0 aliphatic carbocycles. The van der Waals surface area contributed by atoms with Crippen molar-refractivity contribution in [3.63, 3.8) is 0 Å². The molecule has 0 saturated carbocycles. The molecule has 1 amide bonds. The SMILES string of the molecule is NC(=O)c1c([N+](=O)[O-])cnc(C(F)F)c1C(F)(F)F. The number of carbonyl (C=O) groups excluding carboxylic acids is 1. The van der Waals surface area contributed by atoms with Crippen molar-refractivity contribution in [3.8, 4) is 0 Å². The van der Waals surface area contributed by atoms with Gasteiger partial charge in [-0.25, -0.2) is 13.8 Å². The molecule has 0 unspecified atom stereocenters. The number of nitrogens with two attached hydrogens (primary N) is 1. The van der Waals surface area contributed by atoms with Crippen molar-refractivity contribution in [1.82, 2.24) is 4.98 Å². The van der Waals surface area contributed by atoms with E-state index in [2.05, 4.69) is 10.7 Å². The lowest BCUT2D eigenvalue weighted by atomic mass is 10.0. The topological polar surface area (TPSA) is 99.1 Å². The maximum atomic E-state index is 12.7. The van der Waals surface area contributed by atoms with E-state index in [0.29, 0.717) is 0 Å². The van der Waals surface area contributed by atoms with Crippen LogP contribution in [-0.2, 0) is 6.18 Å². The zero-order chi connectivity index (χ0) is 15.0. The van der Waals surface area contributed by atoms with Crippen LogP contribution in [0, 0.1) is 10.1 Å². The third kappa shape index (κ3) is 2.74. The Morgan fingerprint density at radius 2 is 1.95 bits per heavy atom. The Kier molecular flexibility index (Phi) is 3.68. The molecule has 1 heterocycles. The number of primary amides is 1. The molecule has 19 heavy (non-hydrogen) atoms. The maximum absolute atomic E-state index is 12.7. The predicted octanol–water partition coefficient (Wildman–Crippen LogP) is 2.05. The van der Waals surface area contributed by atoms with Crippen molar-refractivity contribution < 1.29 is 31.7 Å². The molecular weight excluding hydrogens is 281 g/mol. The number of carbonyl (C=O) groups is 1. The van der Waals surface area contributed by atoms with Gasteiger partial charge < -0.3 is 5.73 Å². The van der Waals surface area contributed by atoms with Crippen molar-refractivity contribution in [2.75, 3.05) is 0 Å². The number of amides is 1. The number of hydrogen-bond acceptors (Lipinski definition) is 4. The smallest absolute Gasteiger partial charge is 0.365 e. The maximum Gasteiger partial charge on any atom is 0.419 e. The van der Waals surface area contributed by atoms with Gasteiger partial charge in [0.15, 0.2) is 0 Å². The fraction of sp³-hybridized carbons (Fsp3) is 0.250. The average Bonchev–Trinajstić information content (AvgIpc) is 2.25. The van der Waals surface area contributed by atoms with Gasteiger partial charge in [-0.15, -0.1) is 0 Å². The summed E-state index contributed by atoms with van der Waals surface area (Å²) in [4.78, 5) is 22.7. The van der Waals surface area contributed by atoms with Crippen molar-refractivity contribution in [1.29, 1.82) is 0 Å². The summed E-state index contributed by atoms with van der Waals surface area (Å²) in [5.74, 6) is -1.84. The van der Waals surface area contributed by atoms with Crippen LogP contribution in [0.1, 0.15) is 28.0 Å². The number of halogens is 5. The fourth-order valence-corrected chi connectivity index (χ4v) is 1.36. The van der Waals surface area contributed by atoms with E-state index in [1.54, 1.807) is 0 Å². The van der Waals surface area contributed by atoms with Gasteiger partial charge in [-0.05, 0) is 0 Å². The summed E-state index contributed by atoms with van der Waals surface area (Å²) < 4.78 is 62.9. The minimum atomic E-state index is -5.44. The van der Waals surface area contributed by atoms with Gasteiger partial charge in [-0.1, -0.05) is 0 Å². The molecule has 0 aromatic carbocycles. The van der Waals surface area contributed by atoms with Gasteiger partial charge in [0, 0.05) is 0 Å². The minimum Gasteiger partial charge on any atom is -0.365 e. The molecule has 2 N–H and O–H groups in total. The van der Waals surface area contributed by atoms with E-state index in [4.69, 9.17) is 0 Å². The molecule has 0 spiro atoms. The Hall–Kier alpha value is -2.33. The summed E-state index contributed by atoms with van der Waals surface area (Å²) >= 11 is 0. The number of nitro groups is 1. The molecule has 6 nitrogen and oxygen atoms in total. The van der Waals surface area contributed by atoms with Gasteiger partial charge in [0.05, 0.1) is 4.92 Å². The second-order valence-electron chi connectivity index (χ2n) is 3.20. The quantitative estimate of drug-likeness (QED) is 0.521. The number of rotatable bonds is 3. The van der Waals surface area contributed by atoms with Crippen LogP contribution in [-0.4, -0.2) is 15.8 Å². The van der Waals surface area contributed by atoms with E-state index in [9.17, 15) is 36.9 Å². The second-order valence-corrected chi connectivity index (χ2v) is 3.20. The van der Waals surface area contributed by atoms with Crippen LogP contribution < -0.4 is 5.73 Å². The highest BCUT2D eigenvalue weighted by Crippen LogP contribution is 2.40. The summed E-state index contributed by atoms with van der Waals surface area (Å²) in [5, 5.41) is 10.5. The van der Waals surface area contributed by atoms with Crippen LogP contribution in [0.3, 0.4) is 0 Å². The van der Waals surface area contributed by atoms with Crippen molar-refractivity contribution >= 4 is 11.6 Å². The van der Waals surface area contributed by atoms with Crippen molar-refractivity contribution in [3.05, 3.63) is 33.1 Å². The molecule has 1 aromatic rings. The monoisotopic (exact) mass is 285 g/mol. The van der Waals surface area contributed by atoms with Crippen LogP contribution in [0.4, 0.5) is 27.6 Å². The molecule has 0 bridgehead atoms. The van der Waals surface area contributed by atoms with Crippen LogP contribution in [0.2, 0.25) is 0 Å². The average molecular weight is 285 g/mol. The van der Waals surface area contributed by atoms with Crippen molar-refractivity contribution in [2.24, 2.45) is 5.73 Å². The second kappa shape index (κ2) is 4.74. The summed E-state index contributed by atoms with van der Waals surface area (Å²) in [7, 11) is 0. The van der Waals surface area contributed by atoms with E-state index >= 15 is 0 Å². The highest BCUT2D eigenvalue weighted by molar-refractivity contribution is 5.98. The fourth-order valence-electron chi connectivity index (χ4n) is 1.36. The zero-order valence-corrected chi connectivity index (χ0v) is 8.74.